The Kier molecular flexibility index (Phi) is 2.98. The predicted molar refractivity (Wildman–Crippen MR) is 79.1 cm³/mol. The Labute approximate surface area is 124 Å². The van der Waals surface area contributed by atoms with Gasteiger partial charge in [0.05, 0.1) is 23.6 Å². The molecule has 2 aliphatic carbocycles. The second kappa shape index (κ2) is 4.86. The van der Waals surface area contributed by atoms with E-state index in [1.165, 1.54) is 38.5 Å². The van der Waals surface area contributed by atoms with Crippen LogP contribution in [-0.4, -0.2) is 21.5 Å². The van der Waals surface area contributed by atoms with Crippen molar-refractivity contribution < 1.29 is 9.53 Å². The Hall–Kier alpha value is -1.84. The molecule has 1 unspecified atom stereocenters. The monoisotopic (exact) mass is 284 g/mol. The van der Waals surface area contributed by atoms with Crippen LogP contribution >= 0.6 is 0 Å². The van der Waals surface area contributed by atoms with Crippen molar-refractivity contribution >= 4 is 11.5 Å². The number of nitrogens with zero attached hydrogens (tertiary/aromatic N) is 2. The molecule has 4 nitrogen and oxygen atoms in total. The van der Waals surface area contributed by atoms with E-state index in [1.54, 1.807) is 18.7 Å². The summed E-state index contributed by atoms with van der Waals surface area (Å²) < 4.78 is 7.75. The third-order valence-corrected chi connectivity index (χ3v) is 5.32. The molecule has 1 spiro atoms. The summed E-state index contributed by atoms with van der Waals surface area (Å²) in [7, 11) is 0. The van der Waals surface area contributed by atoms with Crippen LogP contribution in [0.2, 0.25) is 0 Å². The highest BCUT2D eigenvalue weighted by Gasteiger charge is 2.46. The van der Waals surface area contributed by atoms with Crippen molar-refractivity contribution in [3.63, 3.8) is 0 Å². The summed E-state index contributed by atoms with van der Waals surface area (Å²) in [6, 6.07) is 3.74. The van der Waals surface area contributed by atoms with E-state index in [4.69, 9.17) is 4.74 Å². The Morgan fingerprint density at radius 3 is 2.90 bits per heavy atom. The second-order valence-corrected chi connectivity index (χ2v) is 6.50. The Bertz CT molecular complexity index is 665. The number of carbonyl (C=O) groups excluding carboxylic acids is 1. The first kappa shape index (κ1) is 12.9. The SMILES string of the molecule is O=C(OC1CCCC12CCCC2)c1ccc2cncn2c1. The highest BCUT2D eigenvalue weighted by atomic mass is 16.5. The lowest BCUT2D eigenvalue weighted by atomic mass is 9.82. The molecule has 1 atom stereocenters. The lowest BCUT2D eigenvalue weighted by molar-refractivity contribution is -0.00377. The number of imidazole rings is 1. The van der Waals surface area contributed by atoms with E-state index in [9.17, 15) is 4.79 Å². The Balaban J connectivity index is 1.54. The molecule has 2 aromatic rings. The second-order valence-electron chi connectivity index (χ2n) is 6.50. The molecule has 4 rings (SSSR count). The average molecular weight is 284 g/mol. The number of hydrogen-bond acceptors (Lipinski definition) is 3. The molecular weight excluding hydrogens is 264 g/mol. The van der Waals surface area contributed by atoms with Gasteiger partial charge in [-0.05, 0) is 44.2 Å². The number of rotatable bonds is 2. The Morgan fingerprint density at radius 1 is 1.24 bits per heavy atom. The normalized spacial score (nSPS) is 23.9. The van der Waals surface area contributed by atoms with Crippen molar-refractivity contribution in [3.8, 4) is 0 Å². The lowest BCUT2D eigenvalue weighted by Crippen LogP contribution is -2.31. The van der Waals surface area contributed by atoms with Gasteiger partial charge in [0.1, 0.15) is 6.10 Å². The molecule has 4 heteroatoms. The maximum absolute atomic E-state index is 12.5. The highest BCUT2D eigenvalue weighted by molar-refractivity contribution is 5.89. The van der Waals surface area contributed by atoms with Crippen molar-refractivity contribution in [2.75, 3.05) is 0 Å². The largest absolute Gasteiger partial charge is 0.458 e. The minimum Gasteiger partial charge on any atom is -0.458 e. The van der Waals surface area contributed by atoms with Gasteiger partial charge in [-0.3, -0.25) is 0 Å². The molecule has 2 aromatic heterocycles. The molecule has 21 heavy (non-hydrogen) atoms. The van der Waals surface area contributed by atoms with E-state index in [0.717, 1.165) is 11.9 Å². The standard InChI is InChI=1S/C17H20N2O2/c20-16(13-5-6-14-10-18-12-19(14)11-13)21-15-4-3-9-17(15)7-1-2-8-17/h5-6,10-12,15H,1-4,7-9H2. The first-order chi connectivity index (χ1) is 10.3. The van der Waals surface area contributed by atoms with E-state index in [0.29, 0.717) is 5.56 Å². The zero-order valence-corrected chi connectivity index (χ0v) is 12.1. The molecule has 0 aromatic carbocycles. The molecule has 0 saturated heterocycles. The Morgan fingerprint density at radius 2 is 2.05 bits per heavy atom. The zero-order valence-electron chi connectivity index (χ0n) is 12.1. The summed E-state index contributed by atoms with van der Waals surface area (Å²) in [5.74, 6) is -0.191. The van der Waals surface area contributed by atoms with Gasteiger partial charge in [-0.15, -0.1) is 0 Å². The molecule has 0 aliphatic heterocycles. The third-order valence-electron chi connectivity index (χ3n) is 5.32. The number of ether oxygens (including phenoxy) is 1. The number of pyridine rings is 1. The smallest absolute Gasteiger partial charge is 0.339 e. The third kappa shape index (κ3) is 2.13. The van der Waals surface area contributed by atoms with Gasteiger partial charge in [-0.1, -0.05) is 12.8 Å². The summed E-state index contributed by atoms with van der Waals surface area (Å²) in [6.07, 6.45) is 13.9. The van der Waals surface area contributed by atoms with Gasteiger partial charge in [0.25, 0.3) is 0 Å². The van der Waals surface area contributed by atoms with Crippen LogP contribution in [-0.2, 0) is 4.74 Å². The van der Waals surface area contributed by atoms with Gasteiger partial charge < -0.3 is 9.14 Å². The molecule has 0 bridgehead atoms. The molecule has 110 valence electrons. The lowest BCUT2D eigenvalue weighted by Gasteiger charge is -2.30. The molecule has 2 saturated carbocycles. The molecule has 2 heterocycles. The van der Waals surface area contributed by atoms with Crippen LogP contribution in [0.4, 0.5) is 0 Å². The predicted octanol–water partition coefficient (Wildman–Crippen LogP) is 3.60. The van der Waals surface area contributed by atoms with Gasteiger partial charge in [0.15, 0.2) is 0 Å². The van der Waals surface area contributed by atoms with Gasteiger partial charge in [-0.25, -0.2) is 9.78 Å². The van der Waals surface area contributed by atoms with E-state index in [2.05, 4.69) is 4.98 Å². The van der Waals surface area contributed by atoms with E-state index < -0.39 is 0 Å². The molecule has 2 aliphatic rings. The van der Waals surface area contributed by atoms with Crippen LogP contribution in [0, 0.1) is 5.41 Å². The fourth-order valence-electron chi connectivity index (χ4n) is 4.18. The quantitative estimate of drug-likeness (QED) is 0.791. The van der Waals surface area contributed by atoms with E-state index >= 15 is 0 Å². The number of esters is 1. The first-order valence-corrected chi connectivity index (χ1v) is 7.90. The number of fused-ring (bicyclic) bond motifs is 1. The fraction of sp³-hybridized carbons (Fsp3) is 0.529. The van der Waals surface area contributed by atoms with Gasteiger partial charge in [0, 0.05) is 11.6 Å². The molecular formula is C17H20N2O2. The van der Waals surface area contributed by atoms with Crippen LogP contribution in [0.25, 0.3) is 5.52 Å². The van der Waals surface area contributed by atoms with Crippen molar-refractivity contribution in [1.29, 1.82) is 0 Å². The number of hydrogen-bond donors (Lipinski definition) is 0. The molecule has 0 N–H and O–H groups in total. The van der Waals surface area contributed by atoms with Crippen molar-refractivity contribution in [1.82, 2.24) is 9.38 Å². The van der Waals surface area contributed by atoms with E-state index in [-0.39, 0.29) is 17.5 Å². The minimum atomic E-state index is -0.191. The van der Waals surface area contributed by atoms with Crippen molar-refractivity contribution in [2.45, 2.75) is 51.0 Å². The number of aromatic nitrogens is 2. The minimum absolute atomic E-state index is 0.117. The van der Waals surface area contributed by atoms with Gasteiger partial charge in [0.2, 0.25) is 0 Å². The first-order valence-electron chi connectivity index (χ1n) is 7.90. The van der Waals surface area contributed by atoms with Crippen LogP contribution in [0.3, 0.4) is 0 Å². The summed E-state index contributed by atoms with van der Waals surface area (Å²) in [6.45, 7) is 0. The van der Waals surface area contributed by atoms with Crippen molar-refractivity contribution in [2.24, 2.45) is 5.41 Å². The van der Waals surface area contributed by atoms with Gasteiger partial charge in [-0.2, -0.15) is 0 Å². The molecule has 2 fully saturated rings. The molecule has 0 amide bonds. The van der Waals surface area contributed by atoms with Crippen LogP contribution in [0.5, 0.6) is 0 Å². The molecule has 0 radical (unpaired) electrons. The van der Waals surface area contributed by atoms with Gasteiger partial charge >= 0.3 is 5.97 Å². The van der Waals surface area contributed by atoms with E-state index in [1.807, 2.05) is 16.5 Å². The van der Waals surface area contributed by atoms with Crippen LogP contribution < -0.4 is 0 Å². The average Bonchev–Trinajstić information content (AvgIpc) is 3.22. The fourth-order valence-corrected chi connectivity index (χ4v) is 4.18. The summed E-state index contributed by atoms with van der Waals surface area (Å²) in [5.41, 5.74) is 1.88. The van der Waals surface area contributed by atoms with Crippen LogP contribution in [0.15, 0.2) is 30.9 Å². The number of carbonyl (C=O) groups is 1. The zero-order chi connectivity index (χ0) is 14.3. The van der Waals surface area contributed by atoms with Crippen molar-refractivity contribution in [3.05, 3.63) is 36.4 Å². The highest BCUT2D eigenvalue weighted by Crippen LogP contribution is 2.51. The maximum Gasteiger partial charge on any atom is 0.339 e. The van der Waals surface area contributed by atoms with Crippen LogP contribution in [0.1, 0.15) is 55.3 Å². The maximum atomic E-state index is 12.5. The summed E-state index contributed by atoms with van der Waals surface area (Å²) in [4.78, 5) is 16.5. The summed E-state index contributed by atoms with van der Waals surface area (Å²) >= 11 is 0. The topological polar surface area (TPSA) is 43.6 Å². The summed E-state index contributed by atoms with van der Waals surface area (Å²) in [5, 5.41) is 0.